The van der Waals surface area contributed by atoms with Gasteiger partial charge < -0.3 is 0 Å². The summed E-state index contributed by atoms with van der Waals surface area (Å²) in [7, 11) is 0. The average Bonchev–Trinajstić information content (AvgIpc) is 2.56. The van der Waals surface area contributed by atoms with Gasteiger partial charge in [-0.1, -0.05) is 15.9 Å². The molecule has 1 aromatic heterocycles. The zero-order chi connectivity index (χ0) is 10.1. The van der Waals surface area contributed by atoms with Crippen molar-refractivity contribution < 1.29 is 4.39 Å². The number of thiazole rings is 1. The van der Waals surface area contributed by atoms with Gasteiger partial charge in [-0.2, -0.15) is 0 Å². The number of halogens is 2. The summed E-state index contributed by atoms with van der Waals surface area (Å²) in [5.41, 5.74) is 0.553. The summed E-state index contributed by atoms with van der Waals surface area (Å²) in [4.78, 5) is 5.23. The molecule has 1 aromatic carbocycles. The van der Waals surface area contributed by atoms with Crippen molar-refractivity contribution >= 4 is 27.3 Å². The van der Waals surface area contributed by atoms with Crippen LogP contribution in [0.25, 0.3) is 10.6 Å². The highest BCUT2D eigenvalue weighted by molar-refractivity contribution is 9.10. The third-order valence-corrected chi connectivity index (χ3v) is 3.22. The predicted octanol–water partition coefficient (Wildman–Crippen LogP) is 4.02. The maximum absolute atomic E-state index is 13.4. The zero-order valence-corrected chi connectivity index (χ0v) is 9.82. The van der Waals surface area contributed by atoms with Crippen molar-refractivity contribution in [1.29, 1.82) is 0 Å². The van der Waals surface area contributed by atoms with Gasteiger partial charge in [0, 0.05) is 21.1 Å². The van der Waals surface area contributed by atoms with Gasteiger partial charge in [-0.25, -0.2) is 9.37 Å². The van der Waals surface area contributed by atoms with E-state index in [9.17, 15) is 4.39 Å². The Morgan fingerprint density at radius 2 is 2.21 bits per heavy atom. The highest BCUT2D eigenvalue weighted by Gasteiger charge is 2.08. The number of hydrogen-bond donors (Lipinski definition) is 0. The van der Waals surface area contributed by atoms with Gasteiger partial charge in [-0.3, -0.25) is 0 Å². The van der Waals surface area contributed by atoms with Crippen LogP contribution in [0.3, 0.4) is 0 Å². The Kier molecular flexibility index (Phi) is 2.65. The van der Waals surface area contributed by atoms with Crippen molar-refractivity contribution in [2.24, 2.45) is 0 Å². The number of benzene rings is 1. The van der Waals surface area contributed by atoms with E-state index in [4.69, 9.17) is 0 Å². The molecule has 0 unspecified atom stereocenters. The molecule has 0 N–H and O–H groups in total. The van der Waals surface area contributed by atoms with Gasteiger partial charge >= 0.3 is 0 Å². The molecule has 0 saturated carbocycles. The summed E-state index contributed by atoms with van der Waals surface area (Å²) in [6, 6.07) is 4.86. The summed E-state index contributed by atoms with van der Waals surface area (Å²) in [6.45, 7) is 1.96. The Morgan fingerprint density at radius 1 is 1.43 bits per heavy atom. The highest BCUT2D eigenvalue weighted by atomic mass is 79.9. The lowest BCUT2D eigenvalue weighted by molar-refractivity contribution is 0.631. The summed E-state index contributed by atoms with van der Waals surface area (Å²) >= 11 is 4.80. The lowest BCUT2D eigenvalue weighted by Crippen LogP contribution is -1.82. The second-order valence-corrected chi connectivity index (χ2v) is 5.05. The van der Waals surface area contributed by atoms with E-state index in [1.807, 2.05) is 6.92 Å². The molecule has 0 bridgehead atoms. The van der Waals surface area contributed by atoms with Gasteiger partial charge in [-0.15, -0.1) is 11.3 Å². The van der Waals surface area contributed by atoms with E-state index >= 15 is 0 Å². The van der Waals surface area contributed by atoms with Crippen LogP contribution in [-0.4, -0.2) is 4.98 Å². The number of aryl methyl sites for hydroxylation is 1. The van der Waals surface area contributed by atoms with Gasteiger partial charge in [-0.05, 0) is 25.1 Å². The standard InChI is InChI=1S/C10H7BrFNS/c1-6-5-13-10(14-6)8-4-7(11)2-3-9(8)12/h2-5H,1H3. The minimum Gasteiger partial charge on any atom is -0.244 e. The lowest BCUT2D eigenvalue weighted by atomic mass is 10.2. The molecular formula is C10H7BrFNS. The van der Waals surface area contributed by atoms with Crippen LogP contribution in [0.4, 0.5) is 4.39 Å². The van der Waals surface area contributed by atoms with Crippen molar-refractivity contribution in [3.63, 3.8) is 0 Å². The molecule has 14 heavy (non-hydrogen) atoms. The van der Waals surface area contributed by atoms with Crippen LogP contribution < -0.4 is 0 Å². The van der Waals surface area contributed by atoms with Crippen molar-refractivity contribution in [3.8, 4) is 10.6 Å². The maximum atomic E-state index is 13.4. The third-order valence-electron chi connectivity index (χ3n) is 1.78. The van der Waals surface area contributed by atoms with E-state index in [0.29, 0.717) is 5.56 Å². The summed E-state index contributed by atoms with van der Waals surface area (Å²) < 4.78 is 14.3. The first-order chi connectivity index (χ1) is 6.66. The van der Waals surface area contributed by atoms with Crippen molar-refractivity contribution in [2.45, 2.75) is 6.92 Å². The number of hydrogen-bond acceptors (Lipinski definition) is 2. The molecule has 72 valence electrons. The minimum absolute atomic E-state index is 0.234. The second kappa shape index (κ2) is 3.79. The Labute approximate surface area is 93.7 Å². The second-order valence-electron chi connectivity index (χ2n) is 2.90. The first-order valence-corrected chi connectivity index (χ1v) is 5.65. The topological polar surface area (TPSA) is 12.9 Å². The van der Waals surface area contributed by atoms with Crippen LogP contribution >= 0.6 is 27.3 Å². The third kappa shape index (κ3) is 1.86. The zero-order valence-electron chi connectivity index (χ0n) is 7.42. The number of rotatable bonds is 1. The molecule has 0 aliphatic carbocycles. The van der Waals surface area contributed by atoms with Crippen LogP contribution in [0.15, 0.2) is 28.9 Å². The molecule has 0 aliphatic rings. The molecule has 0 saturated heterocycles. The molecular weight excluding hydrogens is 265 g/mol. The monoisotopic (exact) mass is 271 g/mol. The molecule has 0 fully saturated rings. The van der Waals surface area contributed by atoms with E-state index in [1.165, 1.54) is 17.4 Å². The van der Waals surface area contributed by atoms with Gasteiger partial charge in [0.05, 0.1) is 0 Å². The van der Waals surface area contributed by atoms with Crippen molar-refractivity contribution in [2.75, 3.05) is 0 Å². The average molecular weight is 272 g/mol. The predicted molar refractivity (Wildman–Crippen MR) is 59.9 cm³/mol. The number of aromatic nitrogens is 1. The fourth-order valence-corrected chi connectivity index (χ4v) is 2.28. The molecule has 1 heterocycles. The van der Waals surface area contributed by atoms with Crippen molar-refractivity contribution in [1.82, 2.24) is 4.98 Å². The van der Waals surface area contributed by atoms with E-state index in [0.717, 1.165) is 14.4 Å². The molecule has 0 atom stereocenters. The lowest BCUT2D eigenvalue weighted by Gasteiger charge is -1.98. The number of nitrogens with zero attached hydrogens (tertiary/aromatic N) is 1. The fraction of sp³-hybridized carbons (Fsp3) is 0.100. The quantitative estimate of drug-likeness (QED) is 0.764. The Balaban J connectivity index is 2.55. The largest absolute Gasteiger partial charge is 0.244 e. The first-order valence-electron chi connectivity index (χ1n) is 4.04. The van der Waals surface area contributed by atoms with Crippen LogP contribution in [0, 0.1) is 12.7 Å². The van der Waals surface area contributed by atoms with E-state index < -0.39 is 0 Å². The van der Waals surface area contributed by atoms with Gasteiger partial charge in [0.2, 0.25) is 0 Å². The van der Waals surface area contributed by atoms with Crippen molar-refractivity contribution in [3.05, 3.63) is 39.6 Å². The van der Waals surface area contributed by atoms with E-state index in [2.05, 4.69) is 20.9 Å². The Hall–Kier alpha value is -0.740. The normalized spacial score (nSPS) is 10.5. The summed E-state index contributed by atoms with van der Waals surface area (Å²) in [5.74, 6) is -0.234. The maximum Gasteiger partial charge on any atom is 0.133 e. The molecule has 0 radical (unpaired) electrons. The van der Waals surface area contributed by atoms with Gasteiger partial charge in [0.25, 0.3) is 0 Å². The molecule has 0 aliphatic heterocycles. The van der Waals surface area contributed by atoms with Crippen LogP contribution in [0.2, 0.25) is 0 Å². The molecule has 1 nitrogen and oxygen atoms in total. The van der Waals surface area contributed by atoms with Gasteiger partial charge in [0.15, 0.2) is 0 Å². The van der Waals surface area contributed by atoms with Crippen LogP contribution in [0.1, 0.15) is 4.88 Å². The fourth-order valence-electron chi connectivity index (χ4n) is 1.14. The SMILES string of the molecule is Cc1cnc(-c2cc(Br)ccc2F)s1. The molecule has 4 heteroatoms. The molecule has 0 amide bonds. The highest BCUT2D eigenvalue weighted by Crippen LogP contribution is 2.29. The smallest absolute Gasteiger partial charge is 0.133 e. The summed E-state index contributed by atoms with van der Waals surface area (Å²) in [5, 5.41) is 0.723. The molecule has 2 aromatic rings. The van der Waals surface area contributed by atoms with Crippen LogP contribution in [-0.2, 0) is 0 Å². The molecule has 0 spiro atoms. The minimum atomic E-state index is -0.234. The molecule has 2 rings (SSSR count). The van der Waals surface area contributed by atoms with Crippen LogP contribution in [0.5, 0.6) is 0 Å². The van der Waals surface area contributed by atoms with E-state index in [-0.39, 0.29) is 5.82 Å². The Morgan fingerprint density at radius 3 is 2.86 bits per heavy atom. The Bertz CT molecular complexity index is 467. The van der Waals surface area contributed by atoms with E-state index in [1.54, 1.807) is 18.3 Å². The summed E-state index contributed by atoms with van der Waals surface area (Å²) in [6.07, 6.45) is 1.75. The van der Waals surface area contributed by atoms with Gasteiger partial charge in [0.1, 0.15) is 10.8 Å². The first kappa shape index (κ1) is 9.80.